The van der Waals surface area contributed by atoms with Crippen molar-refractivity contribution in [1.29, 1.82) is 0 Å². The van der Waals surface area contributed by atoms with Crippen molar-refractivity contribution in [3.05, 3.63) is 29.3 Å². The number of aryl methyl sites for hydroxylation is 1. The van der Waals surface area contributed by atoms with Crippen molar-refractivity contribution >= 4 is 0 Å². The lowest BCUT2D eigenvalue weighted by Crippen LogP contribution is -2.37. The summed E-state index contributed by atoms with van der Waals surface area (Å²) in [6.07, 6.45) is 6.79. The summed E-state index contributed by atoms with van der Waals surface area (Å²) in [4.78, 5) is 0. The molecule has 2 atom stereocenters. The van der Waals surface area contributed by atoms with Crippen LogP contribution in [0.2, 0.25) is 0 Å². The fourth-order valence-corrected chi connectivity index (χ4v) is 3.25. The van der Waals surface area contributed by atoms with Crippen LogP contribution in [0.15, 0.2) is 18.2 Å². The van der Waals surface area contributed by atoms with Crippen LogP contribution in [0, 0.1) is 12.8 Å². The Labute approximate surface area is 117 Å². The molecule has 1 N–H and O–H groups in total. The molecule has 1 saturated carbocycles. The smallest absolute Gasteiger partial charge is 0.123 e. The molecule has 2 heteroatoms. The topological polar surface area (TPSA) is 21.3 Å². The van der Waals surface area contributed by atoms with E-state index in [1.807, 2.05) is 0 Å². The van der Waals surface area contributed by atoms with Gasteiger partial charge in [-0.25, -0.2) is 0 Å². The summed E-state index contributed by atoms with van der Waals surface area (Å²) in [5.74, 6) is 1.85. The highest BCUT2D eigenvalue weighted by Gasteiger charge is 2.23. The maximum atomic E-state index is 5.45. The molecule has 0 heterocycles. The lowest BCUT2D eigenvalue weighted by atomic mass is 9.83. The lowest BCUT2D eigenvalue weighted by molar-refractivity contribution is 0.253. The third-order valence-corrected chi connectivity index (χ3v) is 4.42. The minimum Gasteiger partial charge on any atom is -0.496 e. The van der Waals surface area contributed by atoms with Crippen LogP contribution in [0.1, 0.15) is 50.2 Å². The predicted molar refractivity (Wildman–Crippen MR) is 80.6 cm³/mol. The van der Waals surface area contributed by atoms with E-state index >= 15 is 0 Å². The molecule has 2 nitrogen and oxygen atoms in total. The van der Waals surface area contributed by atoms with E-state index in [-0.39, 0.29) is 0 Å². The van der Waals surface area contributed by atoms with Gasteiger partial charge in [0.05, 0.1) is 7.11 Å². The Bertz CT molecular complexity index is 402. The van der Waals surface area contributed by atoms with Crippen molar-refractivity contribution in [2.24, 2.45) is 5.92 Å². The van der Waals surface area contributed by atoms with E-state index in [0.717, 1.165) is 18.2 Å². The molecule has 0 aromatic heterocycles. The highest BCUT2D eigenvalue weighted by atomic mass is 16.5. The number of methoxy groups -OCH3 is 1. The van der Waals surface area contributed by atoms with Crippen molar-refractivity contribution in [1.82, 2.24) is 5.32 Å². The third-order valence-electron chi connectivity index (χ3n) is 4.42. The van der Waals surface area contributed by atoms with E-state index in [9.17, 15) is 0 Å². The fourth-order valence-electron chi connectivity index (χ4n) is 3.25. The molecule has 0 aliphatic heterocycles. The average Bonchev–Trinajstić information content (AvgIpc) is 2.45. The average molecular weight is 261 g/mol. The standard InChI is InChI=1S/C17H27NO/c1-4-14-7-5-6-8-16(14)18-12-15-11-13(2)9-10-17(15)19-3/h9-11,14,16,18H,4-8,12H2,1-3H3. The fraction of sp³-hybridized carbons (Fsp3) is 0.647. The summed E-state index contributed by atoms with van der Waals surface area (Å²) in [6.45, 7) is 5.38. The molecule has 1 fully saturated rings. The summed E-state index contributed by atoms with van der Waals surface area (Å²) in [5.41, 5.74) is 2.58. The van der Waals surface area contributed by atoms with Gasteiger partial charge in [-0.1, -0.05) is 43.9 Å². The Hall–Kier alpha value is -1.02. The number of nitrogens with one attached hydrogen (secondary N) is 1. The van der Waals surface area contributed by atoms with E-state index in [1.165, 1.54) is 43.2 Å². The lowest BCUT2D eigenvalue weighted by Gasteiger charge is -2.32. The van der Waals surface area contributed by atoms with Crippen LogP contribution in [0.5, 0.6) is 5.75 Å². The van der Waals surface area contributed by atoms with Gasteiger partial charge in [0.25, 0.3) is 0 Å². The molecule has 0 amide bonds. The van der Waals surface area contributed by atoms with Gasteiger partial charge in [-0.2, -0.15) is 0 Å². The molecule has 1 aliphatic rings. The molecule has 0 bridgehead atoms. The molecule has 0 radical (unpaired) electrons. The molecule has 1 aromatic rings. The molecule has 2 rings (SSSR count). The van der Waals surface area contributed by atoms with Gasteiger partial charge in [-0.3, -0.25) is 0 Å². The van der Waals surface area contributed by atoms with Gasteiger partial charge in [-0.15, -0.1) is 0 Å². The second-order valence-electron chi connectivity index (χ2n) is 5.76. The largest absolute Gasteiger partial charge is 0.496 e. The van der Waals surface area contributed by atoms with Gasteiger partial charge >= 0.3 is 0 Å². The third kappa shape index (κ3) is 3.73. The van der Waals surface area contributed by atoms with Crippen molar-refractivity contribution in [2.45, 2.75) is 58.5 Å². The second kappa shape index (κ2) is 6.95. The number of rotatable bonds is 5. The maximum absolute atomic E-state index is 5.45. The SMILES string of the molecule is CCC1CCCCC1NCc1cc(C)ccc1OC. The van der Waals surface area contributed by atoms with Gasteiger partial charge < -0.3 is 10.1 Å². The van der Waals surface area contributed by atoms with Crippen LogP contribution in [0.3, 0.4) is 0 Å². The van der Waals surface area contributed by atoms with Gasteiger partial charge in [0.15, 0.2) is 0 Å². The first kappa shape index (κ1) is 14.4. The molecular weight excluding hydrogens is 234 g/mol. The van der Waals surface area contributed by atoms with Crippen LogP contribution >= 0.6 is 0 Å². The Morgan fingerprint density at radius 1 is 1.26 bits per heavy atom. The Balaban J connectivity index is 1.99. The zero-order chi connectivity index (χ0) is 13.7. The van der Waals surface area contributed by atoms with E-state index < -0.39 is 0 Å². The van der Waals surface area contributed by atoms with Crippen molar-refractivity contribution in [3.63, 3.8) is 0 Å². The molecular formula is C17H27NO. The predicted octanol–water partition coefficient (Wildman–Crippen LogP) is 4.06. The number of hydrogen-bond acceptors (Lipinski definition) is 2. The van der Waals surface area contributed by atoms with Crippen LogP contribution in [0.25, 0.3) is 0 Å². The van der Waals surface area contributed by atoms with E-state index in [0.29, 0.717) is 6.04 Å². The van der Waals surface area contributed by atoms with Crippen molar-refractivity contribution in [3.8, 4) is 5.75 Å². The van der Waals surface area contributed by atoms with Crippen molar-refractivity contribution < 1.29 is 4.74 Å². The van der Waals surface area contributed by atoms with Gasteiger partial charge in [0, 0.05) is 18.2 Å². The Kier molecular flexibility index (Phi) is 5.26. The van der Waals surface area contributed by atoms with Gasteiger partial charge in [0.1, 0.15) is 5.75 Å². The van der Waals surface area contributed by atoms with Gasteiger partial charge in [-0.05, 0) is 31.7 Å². The van der Waals surface area contributed by atoms with E-state index in [1.54, 1.807) is 7.11 Å². The molecule has 19 heavy (non-hydrogen) atoms. The monoisotopic (exact) mass is 261 g/mol. The van der Waals surface area contributed by atoms with Crippen LogP contribution in [0.4, 0.5) is 0 Å². The summed E-state index contributed by atoms with van der Waals surface area (Å²) in [7, 11) is 1.75. The normalized spacial score (nSPS) is 23.3. The van der Waals surface area contributed by atoms with E-state index in [4.69, 9.17) is 4.74 Å². The molecule has 2 unspecified atom stereocenters. The maximum Gasteiger partial charge on any atom is 0.123 e. The second-order valence-corrected chi connectivity index (χ2v) is 5.76. The first-order valence-electron chi connectivity index (χ1n) is 7.61. The minimum absolute atomic E-state index is 0.684. The zero-order valence-corrected chi connectivity index (χ0v) is 12.5. The summed E-state index contributed by atoms with van der Waals surface area (Å²) < 4.78 is 5.45. The highest BCUT2D eigenvalue weighted by molar-refractivity contribution is 5.36. The van der Waals surface area contributed by atoms with Crippen LogP contribution in [-0.2, 0) is 6.54 Å². The number of hydrogen-bond donors (Lipinski definition) is 1. The molecule has 1 aromatic carbocycles. The number of ether oxygens (including phenoxy) is 1. The first-order valence-corrected chi connectivity index (χ1v) is 7.61. The molecule has 1 aliphatic carbocycles. The summed E-state index contributed by atoms with van der Waals surface area (Å²) in [6, 6.07) is 7.10. The van der Waals surface area contributed by atoms with E-state index in [2.05, 4.69) is 37.4 Å². The van der Waals surface area contributed by atoms with Gasteiger partial charge in [0.2, 0.25) is 0 Å². The van der Waals surface area contributed by atoms with Crippen LogP contribution in [-0.4, -0.2) is 13.2 Å². The number of benzene rings is 1. The quantitative estimate of drug-likeness (QED) is 0.863. The molecule has 0 saturated heterocycles. The van der Waals surface area contributed by atoms with Crippen molar-refractivity contribution in [2.75, 3.05) is 7.11 Å². The first-order chi connectivity index (χ1) is 9.24. The zero-order valence-electron chi connectivity index (χ0n) is 12.5. The molecule has 106 valence electrons. The summed E-state index contributed by atoms with van der Waals surface area (Å²) >= 11 is 0. The Morgan fingerprint density at radius 3 is 2.79 bits per heavy atom. The Morgan fingerprint density at radius 2 is 2.05 bits per heavy atom. The summed E-state index contributed by atoms with van der Waals surface area (Å²) in [5, 5.41) is 3.76. The minimum atomic E-state index is 0.684. The van der Waals surface area contributed by atoms with Crippen LogP contribution < -0.4 is 10.1 Å². The molecule has 0 spiro atoms. The highest BCUT2D eigenvalue weighted by Crippen LogP contribution is 2.27.